The van der Waals surface area contributed by atoms with Crippen LogP contribution >= 0.6 is 11.6 Å². The highest BCUT2D eigenvalue weighted by atomic mass is 35.5. The summed E-state index contributed by atoms with van der Waals surface area (Å²) in [4.78, 5) is 42.5. The van der Waals surface area contributed by atoms with E-state index in [2.05, 4.69) is 20.4 Å². The highest BCUT2D eigenvalue weighted by molar-refractivity contribution is 6.31. The summed E-state index contributed by atoms with van der Waals surface area (Å²) >= 11 is 5.71. The number of rotatable bonds is 5. The second-order valence-electron chi connectivity index (χ2n) is 5.73. The van der Waals surface area contributed by atoms with Crippen molar-refractivity contribution in [2.24, 2.45) is 0 Å². The van der Waals surface area contributed by atoms with Crippen molar-refractivity contribution in [1.82, 2.24) is 19.6 Å². The summed E-state index contributed by atoms with van der Waals surface area (Å²) < 4.78 is 6.25. The van der Waals surface area contributed by atoms with Gasteiger partial charge in [-0.25, -0.2) is 14.3 Å². The van der Waals surface area contributed by atoms with Gasteiger partial charge in [0, 0.05) is 22.5 Å². The van der Waals surface area contributed by atoms with Gasteiger partial charge in [-0.05, 0) is 32.0 Å². The fourth-order valence-corrected chi connectivity index (χ4v) is 2.56. The molecule has 2 aromatic heterocycles. The average Bonchev–Trinajstić information content (AvgIpc) is 3.05. The van der Waals surface area contributed by atoms with Gasteiger partial charge in [-0.15, -0.1) is 5.10 Å². The number of aromatic nitrogens is 4. The van der Waals surface area contributed by atoms with Crippen molar-refractivity contribution < 1.29 is 19.2 Å². The lowest BCUT2D eigenvalue weighted by molar-refractivity contribution is -0.383. The Kier molecular flexibility index (Phi) is 5.18. The van der Waals surface area contributed by atoms with Crippen LogP contribution in [0.3, 0.4) is 0 Å². The maximum absolute atomic E-state index is 12.1. The lowest BCUT2D eigenvalue weighted by atomic mass is 10.2. The number of esters is 1. The fourth-order valence-electron chi connectivity index (χ4n) is 2.40. The van der Waals surface area contributed by atoms with E-state index in [-0.39, 0.29) is 28.0 Å². The first-order valence-electron chi connectivity index (χ1n) is 7.86. The molecule has 11 nitrogen and oxygen atoms in total. The molecule has 28 heavy (non-hydrogen) atoms. The first-order valence-corrected chi connectivity index (χ1v) is 8.24. The first-order chi connectivity index (χ1) is 13.2. The van der Waals surface area contributed by atoms with E-state index < -0.39 is 23.4 Å². The highest BCUT2D eigenvalue weighted by Crippen LogP contribution is 2.27. The number of nitro groups is 1. The van der Waals surface area contributed by atoms with Crippen LogP contribution in [0.5, 0.6) is 0 Å². The monoisotopic (exact) mass is 404 g/mol. The summed E-state index contributed by atoms with van der Waals surface area (Å²) in [5.41, 5.74) is 0.978. The summed E-state index contributed by atoms with van der Waals surface area (Å²) in [6.07, 6.45) is 0. The van der Waals surface area contributed by atoms with Crippen LogP contribution < -0.4 is 5.32 Å². The molecule has 12 heteroatoms. The Morgan fingerprint density at radius 1 is 1.29 bits per heavy atom. The molecule has 3 aromatic rings. The van der Waals surface area contributed by atoms with Crippen LogP contribution in [0.25, 0.3) is 5.78 Å². The van der Waals surface area contributed by atoms with Gasteiger partial charge in [-0.2, -0.15) is 4.98 Å². The fraction of sp³-hybridized carbons (Fsp3) is 0.188. The molecule has 0 atom stereocenters. The van der Waals surface area contributed by atoms with E-state index in [9.17, 15) is 19.7 Å². The zero-order chi connectivity index (χ0) is 20.4. The number of fused-ring (bicyclic) bond motifs is 1. The third-order valence-electron chi connectivity index (χ3n) is 3.57. The molecule has 0 spiro atoms. The maximum Gasteiger partial charge on any atom is 0.378 e. The van der Waals surface area contributed by atoms with Crippen molar-refractivity contribution in [2.75, 3.05) is 11.9 Å². The van der Waals surface area contributed by atoms with E-state index >= 15 is 0 Å². The Labute approximate surface area is 162 Å². The number of ether oxygens (including phenoxy) is 1. The van der Waals surface area contributed by atoms with Crippen LogP contribution in [0, 0.1) is 24.0 Å². The number of aryl methyl sites for hydroxylation is 2. The van der Waals surface area contributed by atoms with Crippen LogP contribution in [-0.2, 0) is 9.53 Å². The first kappa shape index (κ1) is 19.2. The predicted molar refractivity (Wildman–Crippen MR) is 97.3 cm³/mol. The minimum Gasteiger partial charge on any atom is -0.450 e. The number of nitrogens with zero attached hydrogens (tertiary/aromatic N) is 5. The number of carbonyl (C=O) groups excluding carboxylic acids is 2. The van der Waals surface area contributed by atoms with Crippen molar-refractivity contribution in [3.8, 4) is 0 Å². The molecule has 2 heterocycles. The second-order valence-corrected chi connectivity index (χ2v) is 6.17. The molecular formula is C16H13ClN6O5. The molecular weight excluding hydrogens is 392 g/mol. The van der Waals surface area contributed by atoms with E-state index in [0.717, 1.165) is 11.8 Å². The largest absolute Gasteiger partial charge is 0.450 e. The summed E-state index contributed by atoms with van der Waals surface area (Å²) in [6, 6.07) is 5.53. The summed E-state index contributed by atoms with van der Waals surface area (Å²) in [7, 11) is 0. The zero-order valence-corrected chi connectivity index (χ0v) is 15.4. The van der Waals surface area contributed by atoms with Crippen molar-refractivity contribution in [2.45, 2.75) is 13.8 Å². The Morgan fingerprint density at radius 3 is 2.75 bits per heavy atom. The van der Waals surface area contributed by atoms with Crippen molar-refractivity contribution >= 4 is 40.6 Å². The van der Waals surface area contributed by atoms with Crippen molar-refractivity contribution in [3.63, 3.8) is 0 Å². The normalized spacial score (nSPS) is 10.7. The third-order valence-corrected chi connectivity index (χ3v) is 3.80. The lowest BCUT2D eigenvalue weighted by Gasteiger charge is -2.06. The van der Waals surface area contributed by atoms with E-state index in [0.29, 0.717) is 5.69 Å². The molecule has 0 aliphatic carbocycles. The van der Waals surface area contributed by atoms with Crippen LogP contribution in [0.1, 0.15) is 22.0 Å². The van der Waals surface area contributed by atoms with Gasteiger partial charge in [0.25, 0.3) is 23.2 Å². The number of halogens is 1. The van der Waals surface area contributed by atoms with Gasteiger partial charge in [0.15, 0.2) is 6.61 Å². The molecule has 0 bridgehead atoms. The summed E-state index contributed by atoms with van der Waals surface area (Å²) in [5.74, 6) is -1.73. The molecule has 0 saturated heterocycles. The van der Waals surface area contributed by atoms with Gasteiger partial charge in [0.05, 0.1) is 4.92 Å². The molecule has 144 valence electrons. The van der Waals surface area contributed by atoms with Crippen molar-refractivity contribution in [1.29, 1.82) is 0 Å². The summed E-state index contributed by atoms with van der Waals surface area (Å²) in [6.45, 7) is 2.87. The van der Waals surface area contributed by atoms with Crippen LogP contribution in [-0.4, -0.2) is 43.0 Å². The van der Waals surface area contributed by atoms with Crippen molar-refractivity contribution in [3.05, 3.63) is 56.6 Å². The van der Waals surface area contributed by atoms with E-state index in [1.165, 1.54) is 16.6 Å². The SMILES string of the molecule is Cc1cc(C)n2nc(C(=O)OCC(=O)Nc3ccc(Cl)cc3[N+](=O)[O-])nc2n1. The molecule has 0 aliphatic rings. The number of amides is 1. The average molecular weight is 405 g/mol. The van der Waals surface area contributed by atoms with E-state index in [1.807, 2.05) is 0 Å². The molecule has 0 aliphatic heterocycles. The Balaban J connectivity index is 1.67. The van der Waals surface area contributed by atoms with E-state index in [1.54, 1.807) is 19.9 Å². The van der Waals surface area contributed by atoms with Crippen LogP contribution in [0.2, 0.25) is 5.02 Å². The quantitative estimate of drug-likeness (QED) is 0.387. The Morgan fingerprint density at radius 2 is 2.04 bits per heavy atom. The van der Waals surface area contributed by atoms with Gasteiger partial charge in [0.1, 0.15) is 5.69 Å². The molecule has 0 fully saturated rings. The lowest BCUT2D eigenvalue weighted by Crippen LogP contribution is -2.22. The maximum atomic E-state index is 12.1. The molecule has 1 aromatic carbocycles. The van der Waals surface area contributed by atoms with Crippen LogP contribution in [0.15, 0.2) is 24.3 Å². The molecule has 0 radical (unpaired) electrons. The third kappa shape index (κ3) is 4.04. The molecule has 0 unspecified atom stereocenters. The number of hydrogen-bond acceptors (Lipinski definition) is 8. The Bertz CT molecular complexity index is 1110. The highest BCUT2D eigenvalue weighted by Gasteiger charge is 2.20. The van der Waals surface area contributed by atoms with Gasteiger partial charge < -0.3 is 10.1 Å². The topological polar surface area (TPSA) is 142 Å². The molecule has 0 saturated carbocycles. The molecule has 1 amide bonds. The molecule has 1 N–H and O–H groups in total. The smallest absolute Gasteiger partial charge is 0.378 e. The minimum atomic E-state index is -0.927. The van der Waals surface area contributed by atoms with Gasteiger partial charge in [-0.1, -0.05) is 11.6 Å². The minimum absolute atomic E-state index is 0.0726. The number of carbonyl (C=O) groups is 2. The number of hydrogen-bond donors (Lipinski definition) is 1. The van der Waals surface area contributed by atoms with Gasteiger partial charge in [-0.3, -0.25) is 14.9 Å². The summed E-state index contributed by atoms with van der Waals surface area (Å²) in [5, 5.41) is 17.5. The standard InChI is InChI=1S/C16H13ClN6O5/c1-8-5-9(2)22-16(18-8)20-14(21-22)15(25)28-7-13(24)19-11-4-3-10(17)6-12(11)23(26)27/h3-6H,7H2,1-2H3,(H,19,24). The Hall–Kier alpha value is -3.60. The van der Waals surface area contributed by atoms with Gasteiger partial charge >= 0.3 is 5.97 Å². The molecule has 3 rings (SSSR count). The number of anilines is 1. The number of nitro benzene ring substituents is 1. The van der Waals surface area contributed by atoms with Crippen LogP contribution in [0.4, 0.5) is 11.4 Å². The van der Waals surface area contributed by atoms with E-state index in [4.69, 9.17) is 16.3 Å². The number of benzene rings is 1. The zero-order valence-electron chi connectivity index (χ0n) is 14.7. The predicted octanol–water partition coefficient (Wildman–Crippen LogP) is 2.10. The number of nitrogens with one attached hydrogen (secondary N) is 1. The second kappa shape index (κ2) is 7.56. The van der Waals surface area contributed by atoms with Gasteiger partial charge in [0.2, 0.25) is 0 Å².